The highest BCUT2D eigenvalue weighted by Crippen LogP contribution is 2.11. The van der Waals surface area contributed by atoms with Crippen molar-refractivity contribution in [3.05, 3.63) is 5.28 Å². The highest BCUT2D eigenvalue weighted by atomic mass is 35.5. The lowest BCUT2D eigenvalue weighted by atomic mass is 10.4. The van der Waals surface area contributed by atoms with Crippen LogP contribution in [0, 0.1) is 0 Å². The van der Waals surface area contributed by atoms with Crippen LogP contribution in [0.2, 0.25) is 5.28 Å². The van der Waals surface area contributed by atoms with Gasteiger partial charge in [-0.25, -0.2) is 0 Å². The number of halogens is 1. The van der Waals surface area contributed by atoms with Crippen molar-refractivity contribution in [1.29, 1.82) is 0 Å². The van der Waals surface area contributed by atoms with Crippen molar-refractivity contribution < 1.29 is 9.47 Å². The molecule has 1 aromatic heterocycles. The van der Waals surface area contributed by atoms with Crippen molar-refractivity contribution in [2.75, 3.05) is 25.6 Å². The van der Waals surface area contributed by atoms with Gasteiger partial charge in [-0.15, -0.1) is 0 Å². The minimum atomic E-state index is 0.0612. The number of ether oxygens (including phenoxy) is 2. The molecule has 0 saturated heterocycles. The zero-order valence-corrected chi connectivity index (χ0v) is 10.3. The topological polar surface area (TPSA) is 69.2 Å². The summed E-state index contributed by atoms with van der Waals surface area (Å²) in [5.74, 6) is 0.382. The standard InChI is InChI=1S/C9H15ClN4O2/c1-4-16-9-13-7(10)12-8(14-9)11-5-6(2)15-3/h6H,4-5H2,1-3H3,(H,11,12,13,14). The van der Waals surface area contributed by atoms with Gasteiger partial charge in [-0.2, -0.15) is 15.0 Å². The van der Waals surface area contributed by atoms with E-state index in [1.165, 1.54) is 0 Å². The molecule has 0 aliphatic heterocycles. The van der Waals surface area contributed by atoms with Gasteiger partial charge in [0.15, 0.2) is 0 Å². The summed E-state index contributed by atoms with van der Waals surface area (Å²) in [5, 5.41) is 3.09. The molecule has 1 N–H and O–H groups in total. The van der Waals surface area contributed by atoms with Crippen LogP contribution in [0.25, 0.3) is 0 Å². The lowest BCUT2D eigenvalue weighted by Gasteiger charge is -2.11. The van der Waals surface area contributed by atoms with Crippen LogP contribution in [-0.4, -0.2) is 41.3 Å². The number of aromatic nitrogens is 3. The van der Waals surface area contributed by atoms with Crippen molar-refractivity contribution in [2.24, 2.45) is 0 Å². The number of rotatable bonds is 6. The summed E-state index contributed by atoms with van der Waals surface area (Å²) in [6.07, 6.45) is 0.0612. The van der Waals surface area contributed by atoms with Crippen LogP contribution in [0.3, 0.4) is 0 Å². The number of anilines is 1. The van der Waals surface area contributed by atoms with E-state index in [1.807, 2.05) is 13.8 Å². The van der Waals surface area contributed by atoms with Crippen LogP contribution < -0.4 is 10.1 Å². The maximum atomic E-state index is 5.72. The molecule has 0 bridgehead atoms. The molecule has 0 spiro atoms. The zero-order valence-electron chi connectivity index (χ0n) is 9.53. The van der Waals surface area contributed by atoms with Gasteiger partial charge in [0, 0.05) is 13.7 Å². The molecular formula is C9H15ClN4O2. The Balaban J connectivity index is 2.64. The fraction of sp³-hybridized carbons (Fsp3) is 0.667. The van der Waals surface area contributed by atoms with E-state index < -0.39 is 0 Å². The summed E-state index contributed by atoms with van der Waals surface area (Å²) in [5.41, 5.74) is 0. The molecule has 1 heterocycles. The molecule has 90 valence electrons. The van der Waals surface area contributed by atoms with E-state index in [2.05, 4.69) is 20.3 Å². The Morgan fingerprint density at radius 1 is 1.38 bits per heavy atom. The van der Waals surface area contributed by atoms with Crippen molar-refractivity contribution in [1.82, 2.24) is 15.0 Å². The minimum absolute atomic E-state index is 0.0612. The second kappa shape index (κ2) is 6.44. The molecule has 0 aromatic carbocycles. The third-order valence-electron chi connectivity index (χ3n) is 1.81. The Kier molecular flexibility index (Phi) is 5.21. The van der Waals surface area contributed by atoms with Gasteiger partial charge in [0.05, 0.1) is 12.7 Å². The minimum Gasteiger partial charge on any atom is -0.464 e. The van der Waals surface area contributed by atoms with Crippen molar-refractivity contribution in [3.63, 3.8) is 0 Å². The molecule has 0 aliphatic rings. The summed E-state index contributed by atoms with van der Waals surface area (Å²) in [4.78, 5) is 11.8. The van der Waals surface area contributed by atoms with E-state index in [0.29, 0.717) is 19.1 Å². The van der Waals surface area contributed by atoms with Gasteiger partial charge in [-0.05, 0) is 25.4 Å². The van der Waals surface area contributed by atoms with Crippen molar-refractivity contribution >= 4 is 17.5 Å². The summed E-state index contributed by atoms with van der Waals surface area (Å²) in [6, 6.07) is 0.218. The smallest absolute Gasteiger partial charge is 0.322 e. The molecule has 1 rings (SSSR count). The third kappa shape index (κ3) is 4.16. The zero-order chi connectivity index (χ0) is 12.0. The number of hydrogen-bond acceptors (Lipinski definition) is 6. The van der Waals surface area contributed by atoms with Crippen LogP contribution in [0.5, 0.6) is 6.01 Å². The molecule has 7 heteroatoms. The molecule has 0 aliphatic carbocycles. The van der Waals surface area contributed by atoms with E-state index in [4.69, 9.17) is 21.1 Å². The van der Waals surface area contributed by atoms with Gasteiger partial charge in [-0.3, -0.25) is 0 Å². The lowest BCUT2D eigenvalue weighted by Crippen LogP contribution is -2.19. The maximum Gasteiger partial charge on any atom is 0.322 e. The Morgan fingerprint density at radius 2 is 2.12 bits per heavy atom. The second-order valence-electron chi connectivity index (χ2n) is 3.07. The predicted octanol–water partition coefficient (Wildman–Crippen LogP) is 1.37. The van der Waals surface area contributed by atoms with Gasteiger partial charge < -0.3 is 14.8 Å². The first kappa shape index (κ1) is 12.9. The molecule has 6 nitrogen and oxygen atoms in total. The summed E-state index contributed by atoms with van der Waals surface area (Å²) in [6.45, 7) is 4.84. The summed E-state index contributed by atoms with van der Waals surface area (Å²) >= 11 is 5.72. The van der Waals surface area contributed by atoms with Crippen LogP contribution >= 0.6 is 11.6 Å². The molecular weight excluding hydrogens is 232 g/mol. The third-order valence-corrected chi connectivity index (χ3v) is 1.98. The van der Waals surface area contributed by atoms with Crippen molar-refractivity contribution in [3.8, 4) is 6.01 Å². The summed E-state index contributed by atoms with van der Waals surface area (Å²) in [7, 11) is 1.64. The average molecular weight is 247 g/mol. The molecule has 1 atom stereocenters. The normalized spacial score (nSPS) is 12.2. The molecule has 1 aromatic rings. The highest BCUT2D eigenvalue weighted by molar-refractivity contribution is 6.28. The first-order valence-electron chi connectivity index (χ1n) is 4.96. The van der Waals surface area contributed by atoms with E-state index in [-0.39, 0.29) is 17.4 Å². The Hall–Kier alpha value is -1.14. The molecule has 1 unspecified atom stereocenters. The van der Waals surface area contributed by atoms with Gasteiger partial charge in [0.1, 0.15) is 0 Å². The van der Waals surface area contributed by atoms with Crippen LogP contribution in [0.4, 0.5) is 5.95 Å². The maximum absolute atomic E-state index is 5.72. The summed E-state index contributed by atoms with van der Waals surface area (Å²) < 4.78 is 10.2. The van der Waals surface area contributed by atoms with E-state index in [1.54, 1.807) is 7.11 Å². The number of methoxy groups -OCH3 is 1. The number of nitrogens with one attached hydrogen (secondary N) is 1. The van der Waals surface area contributed by atoms with Gasteiger partial charge in [0.2, 0.25) is 11.2 Å². The number of hydrogen-bond donors (Lipinski definition) is 1. The first-order valence-corrected chi connectivity index (χ1v) is 5.34. The predicted molar refractivity (Wildman–Crippen MR) is 61.0 cm³/mol. The average Bonchev–Trinajstić information content (AvgIpc) is 2.25. The molecule has 0 amide bonds. The quantitative estimate of drug-likeness (QED) is 0.818. The second-order valence-corrected chi connectivity index (χ2v) is 3.41. The largest absolute Gasteiger partial charge is 0.464 e. The monoisotopic (exact) mass is 246 g/mol. The van der Waals surface area contributed by atoms with Gasteiger partial charge >= 0.3 is 6.01 Å². The van der Waals surface area contributed by atoms with E-state index in [9.17, 15) is 0 Å². The fourth-order valence-corrected chi connectivity index (χ4v) is 1.08. The Bertz CT molecular complexity index is 337. The molecule has 0 radical (unpaired) electrons. The van der Waals surface area contributed by atoms with Gasteiger partial charge in [-0.1, -0.05) is 0 Å². The van der Waals surface area contributed by atoms with E-state index >= 15 is 0 Å². The Labute approximate surface area is 99.4 Å². The first-order chi connectivity index (χ1) is 7.65. The van der Waals surface area contributed by atoms with Crippen LogP contribution in [0.15, 0.2) is 0 Å². The van der Waals surface area contributed by atoms with Crippen LogP contribution in [0.1, 0.15) is 13.8 Å². The SMILES string of the molecule is CCOc1nc(Cl)nc(NCC(C)OC)n1. The van der Waals surface area contributed by atoms with Crippen molar-refractivity contribution in [2.45, 2.75) is 20.0 Å². The van der Waals surface area contributed by atoms with E-state index in [0.717, 1.165) is 0 Å². The highest BCUT2D eigenvalue weighted by Gasteiger charge is 2.06. The Morgan fingerprint density at radius 3 is 2.75 bits per heavy atom. The molecule has 0 fully saturated rings. The van der Waals surface area contributed by atoms with Gasteiger partial charge in [0.25, 0.3) is 0 Å². The number of nitrogens with zero attached hydrogens (tertiary/aromatic N) is 3. The fourth-order valence-electron chi connectivity index (χ4n) is 0.923. The molecule has 0 saturated carbocycles. The molecule has 16 heavy (non-hydrogen) atoms. The van der Waals surface area contributed by atoms with Crippen LogP contribution in [-0.2, 0) is 4.74 Å². The lowest BCUT2D eigenvalue weighted by molar-refractivity contribution is 0.128.